The van der Waals surface area contributed by atoms with Gasteiger partial charge in [0.15, 0.2) is 0 Å². The molecule has 11 heavy (non-hydrogen) atoms. The Balaban J connectivity index is 4.44. The molecule has 62 valence electrons. The Morgan fingerprint density at radius 3 is 2.09 bits per heavy atom. The summed E-state index contributed by atoms with van der Waals surface area (Å²) in [5.74, 6) is 0. The number of hydrogen-bond acceptors (Lipinski definition) is 0. The van der Waals surface area contributed by atoms with Crippen LogP contribution < -0.4 is 0 Å². The predicted octanol–water partition coefficient (Wildman–Crippen LogP) is 4.04. The van der Waals surface area contributed by atoms with Gasteiger partial charge in [-0.1, -0.05) is 35.4 Å². The Bertz CT molecular complexity index is 203. The molecule has 0 spiro atoms. The van der Waals surface area contributed by atoms with Gasteiger partial charge >= 0.3 is 0 Å². The Kier molecular flexibility index (Phi) is 4.97. The Hall–Kier alpha value is -0.490. The molecule has 0 rings (SSSR count). The third-order valence-electron chi connectivity index (χ3n) is 1.42. The molecule has 0 unspecified atom stereocenters. The lowest BCUT2D eigenvalue weighted by Gasteiger charge is -1.95. The fourth-order valence-corrected chi connectivity index (χ4v) is 0.807. The van der Waals surface area contributed by atoms with Crippen molar-refractivity contribution >= 4 is 11.6 Å². The molecule has 0 nitrogen and oxygen atoms in total. The zero-order valence-corrected chi connectivity index (χ0v) is 8.37. The van der Waals surface area contributed by atoms with Crippen LogP contribution >= 0.6 is 11.6 Å². The summed E-state index contributed by atoms with van der Waals surface area (Å²) in [7, 11) is 0. The second-order valence-corrected chi connectivity index (χ2v) is 3.17. The first-order valence-electron chi connectivity index (χ1n) is 3.72. The molecule has 0 saturated heterocycles. The summed E-state index contributed by atoms with van der Waals surface area (Å²) in [5.41, 5.74) is 2.35. The van der Waals surface area contributed by atoms with Crippen LogP contribution in [0.15, 0.2) is 34.4 Å². The molecule has 0 aromatic heterocycles. The molecule has 0 atom stereocenters. The normalized spacial score (nSPS) is 15.5. The van der Waals surface area contributed by atoms with Gasteiger partial charge in [-0.3, -0.25) is 0 Å². The van der Waals surface area contributed by atoms with Crippen molar-refractivity contribution < 1.29 is 0 Å². The van der Waals surface area contributed by atoms with E-state index in [0.29, 0.717) is 0 Å². The zero-order chi connectivity index (χ0) is 8.85. The lowest BCUT2D eigenvalue weighted by Crippen LogP contribution is -1.74. The van der Waals surface area contributed by atoms with Gasteiger partial charge in [0.1, 0.15) is 0 Å². The van der Waals surface area contributed by atoms with Crippen LogP contribution in [0.4, 0.5) is 0 Å². The predicted molar refractivity (Wildman–Crippen MR) is 52.8 cm³/mol. The van der Waals surface area contributed by atoms with Crippen molar-refractivity contribution in [2.75, 3.05) is 0 Å². The second kappa shape index (κ2) is 5.20. The van der Waals surface area contributed by atoms with E-state index in [0.717, 1.165) is 10.6 Å². The number of rotatable bonds is 2. The summed E-state index contributed by atoms with van der Waals surface area (Å²) in [4.78, 5) is 0. The molecular weight excluding hydrogens is 156 g/mol. The van der Waals surface area contributed by atoms with E-state index in [9.17, 15) is 0 Å². The summed E-state index contributed by atoms with van der Waals surface area (Å²) in [6.45, 7) is 7.97. The van der Waals surface area contributed by atoms with E-state index >= 15 is 0 Å². The smallest absolute Gasteiger partial charge is 0.0179 e. The zero-order valence-electron chi connectivity index (χ0n) is 7.61. The van der Waals surface area contributed by atoms with Crippen molar-refractivity contribution in [2.45, 2.75) is 27.7 Å². The SMILES string of the molecule is C\C=C/C(C)=C\C(C)=C(/C)Cl. The highest BCUT2D eigenvalue weighted by molar-refractivity contribution is 6.29. The van der Waals surface area contributed by atoms with Crippen molar-refractivity contribution in [3.63, 3.8) is 0 Å². The second-order valence-electron chi connectivity index (χ2n) is 2.60. The lowest BCUT2D eigenvalue weighted by molar-refractivity contribution is 1.39. The van der Waals surface area contributed by atoms with Gasteiger partial charge in [0.25, 0.3) is 0 Å². The summed E-state index contributed by atoms with van der Waals surface area (Å²) >= 11 is 5.78. The summed E-state index contributed by atoms with van der Waals surface area (Å²) in [6.07, 6.45) is 6.15. The number of hydrogen-bond donors (Lipinski definition) is 0. The average molecular weight is 171 g/mol. The van der Waals surface area contributed by atoms with E-state index in [1.807, 2.05) is 26.8 Å². The topological polar surface area (TPSA) is 0 Å². The third kappa shape index (κ3) is 4.86. The minimum Gasteiger partial charge on any atom is -0.0892 e. The fourth-order valence-electron chi connectivity index (χ4n) is 0.752. The molecule has 0 N–H and O–H groups in total. The van der Waals surface area contributed by atoms with Crippen molar-refractivity contribution in [3.05, 3.63) is 34.4 Å². The monoisotopic (exact) mass is 170 g/mol. The highest BCUT2D eigenvalue weighted by Crippen LogP contribution is 2.11. The van der Waals surface area contributed by atoms with Crippen LogP contribution in [0, 0.1) is 0 Å². The van der Waals surface area contributed by atoms with Gasteiger partial charge in [-0.25, -0.2) is 0 Å². The molecule has 0 aromatic rings. The summed E-state index contributed by atoms with van der Waals surface area (Å²) in [5, 5.41) is 0.855. The van der Waals surface area contributed by atoms with Crippen LogP contribution in [0.3, 0.4) is 0 Å². The lowest BCUT2D eigenvalue weighted by atomic mass is 10.2. The van der Waals surface area contributed by atoms with Crippen LogP contribution in [0.2, 0.25) is 0 Å². The summed E-state index contributed by atoms with van der Waals surface area (Å²) < 4.78 is 0. The fraction of sp³-hybridized carbons (Fsp3) is 0.400. The molecule has 0 aliphatic rings. The van der Waals surface area contributed by atoms with Gasteiger partial charge in [-0.15, -0.1) is 0 Å². The van der Waals surface area contributed by atoms with Crippen molar-refractivity contribution in [1.82, 2.24) is 0 Å². The van der Waals surface area contributed by atoms with Crippen molar-refractivity contribution in [3.8, 4) is 0 Å². The molecule has 0 aliphatic carbocycles. The van der Waals surface area contributed by atoms with Crippen LogP contribution in [0.5, 0.6) is 0 Å². The average Bonchev–Trinajstić information content (AvgIpc) is 1.87. The highest BCUT2D eigenvalue weighted by atomic mass is 35.5. The molecule has 0 fully saturated rings. The van der Waals surface area contributed by atoms with Crippen molar-refractivity contribution in [2.24, 2.45) is 0 Å². The summed E-state index contributed by atoms with van der Waals surface area (Å²) in [6, 6.07) is 0. The quantitative estimate of drug-likeness (QED) is 0.549. The maximum absolute atomic E-state index is 5.78. The largest absolute Gasteiger partial charge is 0.0892 e. The maximum atomic E-state index is 5.78. The van der Waals surface area contributed by atoms with Gasteiger partial charge < -0.3 is 0 Å². The Morgan fingerprint density at radius 1 is 1.18 bits per heavy atom. The van der Waals surface area contributed by atoms with Crippen LogP contribution in [-0.2, 0) is 0 Å². The van der Waals surface area contributed by atoms with Crippen LogP contribution in [0.25, 0.3) is 0 Å². The minimum absolute atomic E-state index is 0.855. The third-order valence-corrected chi connectivity index (χ3v) is 1.72. The molecule has 1 heteroatoms. The first kappa shape index (κ1) is 10.5. The van der Waals surface area contributed by atoms with E-state index in [4.69, 9.17) is 11.6 Å². The van der Waals surface area contributed by atoms with E-state index in [1.165, 1.54) is 5.57 Å². The number of halogens is 1. The highest BCUT2D eigenvalue weighted by Gasteiger charge is 1.88. The van der Waals surface area contributed by atoms with Gasteiger partial charge in [0, 0.05) is 5.03 Å². The molecule has 0 aromatic carbocycles. The molecule has 0 heterocycles. The first-order valence-corrected chi connectivity index (χ1v) is 4.09. The molecule has 0 aliphatic heterocycles. The minimum atomic E-state index is 0.855. The van der Waals surface area contributed by atoms with E-state index in [2.05, 4.69) is 19.1 Å². The van der Waals surface area contributed by atoms with Crippen LogP contribution in [0.1, 0.15) is 27.7 Å². The molecule has 0 saturated carbocycles. The van der Waals surface area contributed by atoms with E-state index < -0.39 is 0 Å². The van der Waals surface area contributed by atoms with Crippen LogP contribution in [-0.4, -0.2) is 0 Å². The Morgan fingerprint density at radius 2 is 1.73 bits per heavy atom. The first-order chi connectivity index (χ1) is 5.07. The maximum Gasteiger partial charge on any atom is 0.0179 e. The van der Waals surface area contributed by atoms with Gasteiger partial charge in [-0.2, -0.15) is 0 Å². The number of allylic oxidation sites excluding steroid dienone is 6. The van der Waals surface area contributed by atoms with Gasteiger partial charge in [-0.05, 0) is 33.3 Å². The Labute approximate surface area is 74.3 Å². The van der Waals surface area contributed by atoms with E-state index in [-0.39, 0.29) is 0 Å². The molecule has 0 radical (unpaired) electrons. The van der Waals surface area contributed by atoms with Gasteiger partial charge in [0.2, 0.25) is 0 Å². The van der Waals surface area contributed by atoms with Crippen molar-refractivity contribution in [1.29, 1.82) is 0 Å². The van der Waals surface area contributed by atoms with E-state index in [1.54, 1.807) is 0 Å². The molecule has 0 bridgehead atoms. The standard InChI is InChI=1S/C10H15Cl/c1-5-6-8(2)7-9(3)10(4)11/h5-7H,1-4H3/b6-5-,8-7-,10-9+. The molecule has 0 amide bonds. The molecular formula is C10H15Cl. The van der Waals surface area contributed by atoms with Gasteiger partial charge in [0.05, 0.1) is 0 Å².